The third-order valence-electron chi connectivity index (χ3n) is 3.24. The summed E-state index contributed by atoms with van der Waals surface area (Å²) in [7, 11) is 1.59. The fourth-order valence-corrected chi connectivity index (χ4v) is 2.20. The van der Waals surface area contributed by atoms with Crippen molar-refractivity contribution in [3.63, 3.8) is 0 Å². The summed E-state index contributed by atoms with van der Waals surface area (Å²) in [6.07, 6.45) is 0.790. The number of nitro benzene ring substituents is 1. The van der Waals surface area contributed by atoms with E-state index in [1.165, 1.54) is 18.2 Å². The highest BCUT2D eigenvalue weighted by atomic mass is 16.6. The second-order valence-electron chi connectivity index (χ2n) is 4.36. The lowest BCUT2D eigenvalue weighted by Gasteiger charge is -2.18. The van der Waals surface area contributed by atoms with Crippen molar-refractivity contribution in [1.29, 1.82) is 0 Å². The molecule has 7 nitrogen and oxygen atoms in total. The number of anilines is 1. The van der Waals surface area contributed by atoms with Crippen molar-refractivity contribution in [1.82, 2.24) is 0 Å². The van der Waals surface area contributed by atoms with Crippen LogP contribution in [0.15, 0.2) is 18.2 Å². The van der Waals surface area contributed by atoms with Gasteiger partial charge >= 0.3 is 5.97 Å². The van der Waals surface area contributed by atoms with Gasteiger partial charge in [0, 0.05) is 26.3 Å². The molecule has 1 fully saturated rings. The van der Waals surface area contributed by atoms with Crippen LogP contribution in [0.5, 0.6) is 0 Å². The molecule has 0 amide bonds. The van der Waals surface area contributed by atoms with Gasteiger partial charge in [-0.3, -0.25) is 10.1 Å². The number of methoxy groups -OCH3 is 1. The molecule has 1 aromatic rings. The van der Waals surface area contributed by atoms with E-state index in [1.54, 1.807) is 12.0 Å². The predicted molar refractivity (Wildman–Crippen MR) is 67.7 cm³/mol. The van der Waals surface area contributed by atoms with Crippen molar-refractivity contribution in [3.05, 3.63) is 33.9 Å². The van der Waals surface area contributed by atoms with E-state index in [-0.39, 0.29) is 17.4 Å². The van der Waals surface area contributed by atoms with Gasteiger partial charge in [-0.2, -0.15) is 0 Å². The molecule has 0 aliphatic carbocycles. The van der Waals surface area contributed by atoms with E-state index in [2.05, 4.69) is 0 Å². The summed E-state index contributed by atoms with van der Waals surface area (Å²) in [5.74, 6) is -1.10. The van der Waals surface area contributed by atoms with Gasteiger partial charge < -0.3 is 14.7 Å². The van der Waals surface area contributed by atoms with E-state index >= 15 is 0 Å². The molecule has 1 aliphatic rings. The number of aromatic carboxylic acids is 1. The monoisotopic (exact) mass is 266 g/mol. The summed E-state index contributed by atoms with van der Waals surface area (Å²) in [6, 6.07) is 3.82. The third kappa shape index (κ3) is 2.65. The quantitative estimate of drug-likeness (QED) is 0.656. The Bertz CT molecular complexity index is 517. The summed E-state index contributed by atoms with van der Waals surface area (Å²) in [5.41, 5.74) is 0.299. The first-order valence-corrected chi connectivity index (χ1v) is 5.82. The topological polar surface area (TPSA) is 92.9 Å². The SMILES string of the molecule is COC1CCN(c2cc(C(=O)O)ccc2[N+](=O)[O-])C1. The van der Waals surface area contributed by atoms with Crippen LogP contribution in [0.2, 0.25) is 0 Å². The molecule has 0 aromatic heterocycles. The minimum atomic E-state index is -1.10. The molecule has 1 N–H and O–H groups in total. The number of rotatable bonds is 4. The van der Waals surface area contributed by atoms with Crippen LogP contribution in [0, 0.1) is 10.1 Å². The van der Waals surface area contributed by atoms with Crippen LogP contribution in [-0.4, -0.2) is 42.3 Å². The molecule has 1 saturated heterocycles. The number of carboxylic acids is 1. The first kappa shape index (κ1) is 13.3. The van der Waals surface area contributed by atoms with E-state index in [4.69, 9.17) is 9.84 Å². The predicted octanol–water partition coefficient (Wildman–Crippen LogP) is 1.52. The highest BCUT2D eigenvalue weighted by Crippen LogP contribution is 2.32. The van der Waals surface area contributed by atoms with Crippen molar-refractivity contribution in [3.8, 4) is 0 Å². The molecule has 2 rings (SSSR count). The second kappa shape index (κ2) is 5.23. The minimum absolute atomic E-state index is 0.0214. The van der Waals surface area contributed by atoms with E-state index in [0.29, 0.717) is 18.8 Å². The zero-order chi connectivity index (χ0) is 14.0. The Hall–Kier alpha value is -2.15. The van der Waals surface area contributed by atoms with E-state index in [1.807, 2.05) is 0 Å². The molecule has 0 bridgehead atoms. The minimum Gasteiger partial charge on any atom is -0.478 e. The average Bonchev–Trinajstić information content (AvgIpc) is 2.86. The van der Waals surface area contributed by atoms with Gasteiger partial charge in [-0.1, -0.05) is 0 Å². The lowest BCUT2D eigenvalue weighted by atomic mass is 10.1. The van der Waals surface area contributed by atoms with Gasteiger partial charge in [-0.25, -0.2) is 4.79 Å². The van der Waals surface area contributed by atoms with Crippen molar-refractivity contribution in [2.75, 3.05) is 25.1 Å². The van der Waals surface area contributed by atoms with Crippen molar-refractivity contribution in [2.24, 2.45) is 0 Å². The fraction of sp³-hybridized carbons (Fsp3) is 0.417. The summed E-state index contributed by atoms with van der Waals surface area (Å²) < 4.78 is 5.21. The van der Waals surface area contributed by atoms with Gasteiger partial charge in [0.15, 0.2) is 0 Å². The first-order valence-electron chi connectivity index (χ1n) is 5.82. The fourth-order valence-electron chi connectivity index (χ4n) is 2.20. The van der Waals surface area contributed by atoms with Gasteiger partial charge in [0.2, 0.25) is 0 Å². The Morgan fingerprint density at radius 1 is 1.58 bits per heavy atom. The summed E-state index contributed by atoms with van der Waals surface area (Å²) >= 11 is 0. The Balaban J connectivity index is 2.38. The Morgan fingerprint density at radius 3 is 2.84 bits per heavy atom. The van der Waals surface area contributed by atoms with E-state index < -0.39 is 10.9 Å². The number of hydrogen-bond donors (Lipinski definition) is 1. The molecule has 102 valence electrons. The maximum Gasteiger partial charge on any atom is 0.335 e. The van der Waals surface area contributed by atoms with E-state index in [0.717, 1.165) is 6.42 Å². The molecule has 0 spiro atoms. The van der Waals surface area contributed by atoms with Crippen LogP contribution in [0.1, 0.15) is 16.8 Å². The van der Waals surface area contributed by atoms with Crippen LogP contribution in [0.3, 0.4) is 0 Å². The molecule has 19 heavy (non-hydrogen) atoms. The number of carbonyl (C=O) groups is 1. The van der Waals surface area contributed by atoms with Gasteiger partial charge in [-0.15, -0.1) is 0 Å². The smallest absolute Gasteiger partial charge is 0.335 e. The number of nitro groups is 1. The number of benzene rings is 1. The summed E-state index contributed by atoms with van der Waals surface area (Å²) in [6.45, 7) is 1.14. The van der Waals surface area contributed by atoms with Gasteiger partial charge in [-0.05, 0) is 18.6 Å². The molecule has 0 saturated carbocycles. The Kier molecular flexibility index (Phi) is 3.66. The van der Waals surface area contributed by atoms with Crippen LogP contribution in [-0.2, 0) is 4.74 Å². The lowest BCUT2D eigenvalue weighted by molar-refractivity contribution is -0.384. The first-order chi connectivity index (χ1) is 9.02. The van der Waals surface area contributed by atoms with Crippen molar-refractivity contribution >= 4 is 17.3 Å². The van der Waals surface area contributed by atoms with E-state index in [9.17, 15) is 14.9 Å². The number of hydrogen-bond acceptors (Lipinski definition) is 5. The molecular weight excluding hydrogens is 252 g/mol. The number of carboxylic acid groups (broad SMARTS) is 1. The highest BCUT2D eigenvalue weighted by molar-refractivity contribution is 5.90. The third-order valence-corrected chi connectivity index (χ3v) is 3.24. The van der Waals surface area contributed by atoms with Crippen molar-refractivity contribution in [2.45, 2.75) is 12.5 Å². The van der Waals surface area contributed by atoms with Crippen LogP contribution in [0.4, 0.5) is 11.4 Å². The molecule has 1 aliphatic heterocycles. The normalized spacial score (nSPS) is 18.6. The zero-order valence-electron chi connectivity index (χ0n) is 10.4. The Labute approximate surface area is 109 Å². The van der Waals surface area contributed by atoms with Crippen LogP contribution >= 0.6 is 0 Å². The number of ether oxygens (including phenoxy) is 1. The lowest BCUT2D eigenvalue weighted by Crippen LogP contribution is -2.23. The van der Waals surface area contributed by atoms with Gasteiger partial charge in [0.05, 0.1) is 16.6 Å². The van der Waals surface area contributed by atoms with Gasteiger partial charge in [0.25, 0.3) is 5.69 Å². The molecule has 1 unspecified atom stereocenters. The number of nitrogens with zero attached hydrogens (tertiary/aromatic N) is 2. The molecule has 7 heteroatoms. The average molecular weight is 266 g/mol. The molecule has 1 atom stereocenters. The Morgan fingerprint density at radius 2 is 2.32 bits per heavy atom. The van der Waals surface area contributed by atoms with Crippen LogP contribution in [0.25, 0.3) is 0 Å². The largest absolute Gasteiger partial charge is 0.478 e. The highest BCUT2D eigenvalue weighted by Gasteiger charge is 2.28. The molecular formula is C12H14N2O5. The van der Waals surface area contributed by atoms with Crippen LogP contribution < -0.4 is 4.90 Å². The zero-order valence-corrected chi connectivity index (χ0v) is 10.4. The maximum absolute atomic E-state index is 11.0. The maximum atomic E-state index is 11.0. The van der Waals surface area contributed by atoms with Gasteiger partial charge in [0.1, 0.15) is 5.69 Å². The van der Waals surface area contributed by atoms with Crippen molar-refractivity contribution < 1.29 is 19.6 Å². The molecule has 1 heterocycles. The molecule has 0 radical (unpaired) electrons. The molecule has 1 aromatic carbocycles. The second-order valence-corrected chi connectivity index (χ2v) is 4.36. The standard InChI is InChI=1S/C12H14N2O5/c1-19-9-4-5-13(7-9)11-6-8(12(15)16)2-3-10(11)14(17)18/h2-3,6,9H,4-5,7H2,1H3,(H,15,16). The summed E-state index contributed by atoms with van der Waals surface area (Å²) in [4.78, 5) is 23.3. The summed E-state index contributed by atoms with van der Waals surface area (Å²) in [5, 5.41) is 20.0.